The van der Waals surface area contributed by atoms with Gasteiger partial charge in [0.15, 0.2) is 11.7 Å². The number of nitrogens with one attached hydrogen (secondary N) is 1. The maximum Gasteiger partial charge on any atom is 0.249 e. The molecule has 0 spiro atoms. The Balaban J connectivity index is 1.10. The fourth-order valence-corrected chi connectivity index (χ4v) is 6.85. The molecule has 2 bridgehead atoms. The van der Waals surface area contributed by atoms with Crippen LogP contribution in [0.25, 0.3) is 27.9 Å². The predicted octanol–water partition coefficient (Wildman–Crippen LogP) is 3.43. The van der Waals surface area contributed by atoms with Crippen molar-refractivity contribution in [3.8, 4) is 17.1 Å². The van der Waals surface area contributed by atoms with Gasteiger partial charge in [0.1, 0.15) is 18.4 Å². The smallest absolute Gasteiger partial charge is 0.249 e. The molecule has 3 aromatic rings. The van der Waals surface area contributed by atoms with E-state index in [0.717, 1.165) is 37.7 Å². The quantitative estimate of drug-likeness (QED) is 0.477. The van der Waals surface area contributed by atoms with Crippen LogP contribution in [0.15, 0.2) is 42.5 Å². The molecule has 3 N–H and O–H groups in total. The van der Waals surface area contributed by atoms with E-state index in [0.29, 0.717) is 29.1 Å². The number of carbonyl (C=O) groups excluding carboxylic acids is 1. The number of hydrogen-bond acceptors (Lipinski definition) is 6. The molecule has 1 aromatic carbocycles. The highest BCUT2D eigenvalue weighted by molar-refractivity contribution is 5.82. The van der Waals surface area contributed by atoms with E-state index in [2.05, 4.69) is 16.0 Å². The molecule has 5 heterocycles. The lowest BCUT2D eigenvalue weighted by Gasteiger charge is -2.33. The SMILES string of the molecule is O=C(CO)N1C2C=C(c3ccc(-c4nc5cc(O[C@@H]6CCC7[C@H](O)CO[C@@H]76)[nH]c5cc4F)cc3)CC1CC2. The first kappa shape index (κ1) is 23.8. The van der Waals surface area contributed by atoms with Crippen molar-refractivity contribution in [2.45, 2.75) is 62.5 Å². The van der Waals surface area contributed by atoms with E-state index in [1.54, 1.807) is 6.07 Å². The lowest BCUT2D eigenvalue weighted by molar-refractivity contribution is -0.136. The average molecular weight is 520 g/mol. The van der Waals surface area contributed by atoms with Gasteiger partial charge in [-0.05, 0) is 43.2 Å². The summed E-state index contributed by atoms with van der Waals surface area (Å²) in [7, 11) is 0. The summed E-state index contributed by atoms with van der Waals surface area (Å²) < 4.78 is 27.0. The summed E-state index contributed by atoms with van der Waals surface area (Å²) in [5.41, 5.74) is 4.35. The Bertz CT molecular complexity index is 1420. The van der Waals surface area contributed by atoms with Gasteiger partial charge < -0.3 is 29.6 Å². The summed E-state index contributed by atoms with van der Waals surface area (Å²) in [6, 6.07) is 11.1. The van der Waals surface area contributed by atoms with Gasteiger partial charge in [-0.2, -0.15) is 0 Å². The lowest BCUT2D eigenvalue weighted by Crippen LogP contribution is -2.44. The third-order valence-electron chi connectivity index (χ3n) is 8.68. The minimum atomic E-state index is -0.456. The minimum Gasteiger partial charge on any atom is -0.473 e. The number of halogens is 1. The number of aliphatic hydroxyl groups is 2. The van der Waals surface area contributed by atoms with Gasteiger partial charge in [0.2, 0.25) is 5.91 Å². The summed E-state index contributed by atoms with van der Waals surface area (Å²) in [6.45, 7) is -0.111. The summed E-state index contributed by atoms with van der Waals surface area (Å²) in [5.74, 6) is -0.00919. The third kappa shape index (κ3) is 3.92. The second-order valence-corrected chi connectivity index (χ2v) is 10.9. The van der Waals surface area contributed by atoms with E-state index >= 15 is 4.39 Å². The van der Waals surface area contributed by atoms with E-state index in [1.165, 1.54) is 11.6 Å². The number of amides is 1. The first-order chi connectivity index (χ1) is 18.5. The highest BCUT2D eigenvalue weighted by atomic mass is 19.1. The molecular weight excluding hydrogens is 489 g/mol. The Morgan fingerprint density at radius 3 is 2.76 bits per heavy atom. The number of H-pyrrole nitrogens is 1. The molecule has 7 rings (SSSR count). The molecular formula is C29H30FN3O5. The van der Waals surface area contributed by atoms with Gasteiger partial charge in [-0.1, -0.05) is 30.3 Å². The number of ether oxygens (including phenoxy) is 2. The van der Waals surface area contributed by atoms with Gasteiger partial charge in [0.05, 0.1) is 35.9 Å². The fourth-order valence-electron chi connectivity index (χ4n) is 6.85. The van der Waals surface area contributed by atoms with Crippen LogP contribution >= 0.6 is 0 Å². The number of rotatable bonds is 5. The largest absolute Gasteiger partial charge is 0.473 e. The van der Waals surface area contributed by atoms with Gasteiger partial charge in [0, 0.05) is 29.7 Å². The van der Waals surface area contributed by atoms with E-state index < -0.39 is 18.5 Å². The Kier molecular flexibility index (Phi) is 5.76. The molecule has 3 aliphatic heterocycles. The molecule has 198 valence electrons. The summed E-state index contributed by atoms with van der Waals surface area (Å²) in [5, 5.41) is 19.4. The zero-order chi connectivity index (χ0) is 26.0. The van der Waals surface area contributed by atoms with Crippen molar-refractivity contribution in [1.29, 1.82) is 0 Å². The maximum absolute atomic E-state index is 15.1. The normalized spacial score (nSPS) is 30.1. The molecule has 8 nitrogen and oxygen atoms in total. The van der Waals surface area contributed by atoms with E-state index in [9.17, 15) is 15.0 Å². The number of nitrogens with zero attached hydrogens (tertiary/aromatic N) is 2. The van der Waals surface area contributed by atoms with Crippen LogP contribution < -0.4 is 4.74 Å². The van der Waals surface area contributed by atoms with Gasteiger partial charge in [-0.3, -0.25) is 4.79 Å². The second-order valence-electron chi connectivity index (χ2n) is 10.9. The van der Waals surface area contributed by atoms with Crippen LogP contribution in [-0.4, -0.2) is 74.6 Å². The van der Waals surface area contributed by atoms with Crippen molar-refractivity contribution in [3.63, 3.8) is 0 Å². The van der Waals surface area contributed by atoms with Crippen LogP contribution in [-0.2, 0) is 9.53 Å². The Labute approximate surface area is 219 Å². The van der Waals surface area contributed by atoms with Crippen molar-refractivity contribution in [1.82, 2.24) is 14.9 Å². The van der Waals surface area contributed by atoms with Crippen LogP contribution in [0.1, 0.15) is 37.7 Å². The number of fused-ring (bicyclic) bond motifs is 4. The highest BCUT2D eigenvalue weighted by Crippen LogP contribution is 2.40. The molecule has 4 aliphatic rings. The topological polar surface area (TPSA) is 108 Å². The van der Waals surface area contributed by atoms with E-state index in [4.69, 9.17) is 9.47 Å². The van der Waals surface area contributed by atoms with Gasteiger partial charge >= 0.3 is 0 Å². The van der Waals surface area contributed by atoms with Crippen molar-refractivity contribution in [3.05, 3.63) is 53.9 Å². The Morgan fingerprint density at radius 2 is 1.97 bits per heavy atom. The molecule has 1 amide bonds. The molecule has 1 saturated carbocycles. The van der Waals surface area contributed by atoms with Crippen molar-refractivity contribution in [2.75, 3.05) is 13.2 Å². The number of aromatic nitrogens is 2. The first-order valence-corrected chi connectivity index (χ1v) is 13.4. The number of aliphatic hydroxyl groups excluding tert-OH is 2. The molecule has 0 radical (unpaired) electrons. The van der Waals surface area contributed by atoms with E-state index in [-0.39, 0.29) is 41.8 Å². The van der Waals surface area contributed by atoms with Gasteiger partial charge in [-0.25, -0.2) is 9.37 Å². The van der Waals surface area contributed by atoms with Crippen molar-refractivity contribution in [2.24, 2.45) is 5.92 Å². The summed E-state index contributed by atoms with van der Waals surface area (Å²) >= 11 is 0. The molecule has 3 unspecified atom stereocenters. The Morgan fingerprint density at radius 1 is 1.16 bits per heavy atom. The van der Waals surface area contributed by atoms with Gasteiger partial charge in [0.25, 0.3) is 0 Å². The number of aromatic amines is 1. The molecule has 2 aromatic heterocycles. The van der Waals surface area contributed by atoms with Crippen LogP contribution in [0.2, 0.25) is 0 Å². The molecule has 38 heavy (non-hydrogen) atoms. The molecule has 3 fully saturated rings. The monoisotopic (exact) mass is 519 g/mol. The summed E-state index contributed by atoms with van der Waals surface area (Å²) in [4.78, 5) is 21.7. The lowest BCUT2D eigenvalue weighted by atomic mass is 9.93. The standard InChI is InChI=1S/C29H30FN3O5/c30-21-11-22-23(12-26(31-22)38-25-8-7-20-24(35)14-37-29(20)25)32-28(21)16-3-1-15(2-4-16)17-9-18-5-6-19(10-17)33(18)27(36)13-34/h1-4,9,11-12,18-20,24-25,29,31,34-35H,5-8,10,13-14H2/t18?,19?,20?,24-,25-,29+/m1/s1. The van der Waals surface area contributed by atoms with Crippen LogP contribution in [0.3, 0.4) is 0 Å². The number of pyridine rings is 1. The highest BCUT2D eigenvalue weighted by Gasteiger charge is 2.47. The summed E-state index contributed by atoms with van der Waals surface area (Å²) in [6.07, 6.45) is 5.67. The predicted molar refractivity (Wildman–Crippen MR) is 138 cm³/mol. The van der Waals surface area contributed by atoms with Crippen LogP contribution in [0.4, 0.5) is 4.39 Å². The zero-order valence-corrected chi connectivity index (χ0v) is 20.8. The fraction of sp³-hybridized carbons (Fsp3) is 0.448. The first-order valence-electron chi connectivity index (χ1n) is 13.4. The second kappa shape index (κ2) is 9.18. The molecule has 1 aliphatic carbocycles. The Hall–Kier alpha value is -3.27. The number of carbonyl (C=O) groups is 1. The van der Waals surface area contributed by atoms with Crippen LogP contribution in [0.5, 0.6) is 5.88 Å². The third-order valence-corrected chi connectivity index (χ3v) is 8.68. The minimum absolute atomic E-state index is 0.0232. The van der Waals surface area contributed by atoms with E-state index in [1.807, 2.05) is 29.2 Å². The maximum atomic E-state index is 15.1. The molecule has 9 heteroatoms. The zero-order valence-electron chi connectivity index (χ0n) is 20.8. The number of benzene rings is 1. The van der Waals surface area contributed by atoms with Crippen molar-refractivity contribution >= 4 is 22.5 Å². The van der Waals surface area contributed by atoms with Crippen molar-refractivity contribution < 1.29 is 28.9 Å². The van der Waals surface area contributed by atoms with Gasteiger partial charge in [-0.15, -0.1) is 0 Å². The average Bonchev–Trinajstić information content (AvgIpc) is 3.67. The molecule has 6 atom stereocenters. The molecule has 2 saturated heterocycles. The number of hydrogen-bond donors (Lipinski definition) is 3. The van der Waals surface area contributed by atoms with Crippen LogP contribution in [0, 0.1) is 11.7 Å².